The van der Waals surface area contributed by atoms with E-state index in [0.29, 0.717) is 5.69 Å². The van der Waals surface area contributed by atoms with E-state index in [9.17, 15) is 9.18 Å². The van der Waals surface area contributed by atoms with Crippen molar-refractivity contribution in [3.8, 4) is 5.75 Å². The third-order valence-corrected chi connectivity index (χ3v) is 4.73. The number of benzene rings is 1. The first-order valence-electron chi connectivity index (χ1n) is 7.64. The van der Waals surface area contributed by atoms with Gasteiger partial charge in [0.1, 0.15) is 11.6 Å². The summed E-state index contributed by atoms with van der Waals surface area (Å²) in [6.07, 6.45) is 1.71. The minimum Gasteiger partial charge on any atom is -0.484 e. The molecule has 2 heterocycles. The maximum absolute atomic E-state index is 13.5. The number of rotatable bonds is 6. The van der Waals surface area contributed by atoms with Crippen LogP contribution in [0.4, 0.5) is 4.39 Å². The van der Waals surface area contributed by atoms with E-state index < -0.39 is 5.82 Å². The molecule has 1 atom stereocenters. The van der Waals surface area contributed by atoms with E-state index >= 15 is 0 Å². The normalized spacial score (nSPS) is 12.0. The molecule has 3 rings (SSSR count). The molecular formula is C17H17FN4O2S. The van der Waals surface area contributed by atoms with Crippen LogP contribution in [0, 0.1) is 5.82 Å². The molecule has 0 aliphatic carbocycles. The summed E-state index contributed by atoms with van der Waals surface area (Å²) in [5.41, 5.74) is 0.861. The topological polar surface area (TPSA) is 71.1 Å². The third-order valence-electron chi connectivity index (χ3n) is 3.78. The van der Waals surface area contributed by atoms with Crippen LogP contribution in [0.1, 0.15) is 34.2 Å². The van der Waals surface area contributed by atoms with Crippen LogP contribution in [0.25, 0.3) is 0 Å². The van der Waals surface area contributed by atoms with Crippen LogP contribution in [0.15, 0.2) is 41.9 Å². The Balaban J connectivity index is 1.64. The highest BCUT2D eigenvalue weighted by atomic mass is 32.1. The fourth-order valence-electron chi connectivity index (χ4n) is 2.23. The molecule has 0 spiro atoms. The first-order chi connectivity index (χ1) is 12.1. The van der Waals surface area contributed by atoms with E-state index in [1.54, 1.807) is 42.4 Å². The van der Waals surface area contributed by atoms with Crippen molar-refractivity contribution >= 4 is 17.2 Å². The van der Waals surface area contributed by atoms with Crippen molar-refractivity contribution in [2.75, 3.05) is 7.05 Å². The zero-order chi connectivity index (χ0) is 17.8. The van der Waals surface area contributed by atoms with E-state index in [2.05, 4.69) is 15.2 Å². The summed E-state index contributed by atoms with van der Waals surface area (Å²) in [5.74, 6) is -0.508. The van der Waals surface area contributed by atoms with E-state index in [1.807, 2.05) is 12.3 Å². The number of aromatic nitrogens is 3. The van der Waals surface area contributed by atoms with Crippen molar-refractivity contribution < 1.29 is 13.9 Å². The molecule has 25 heavy (non-hydrogen) atoms. The summed E-state index contributed by atoms with van der Waals surface area (Å²) in [4.78, 5) is 18.4. The average molecular weight is 360 g/mol. The highest BCUT2D eigenvalue weighted by molar-refractivity contribution is 7.09. The van der Waals surface area contributed by atoms with Gasteiger partial charge in [-0.25, -0.2) is 9.37 Å². The Hall–Kier alpha value is -2.74. The standard InChI is InChI=1S/C17H17FN4O2S/c1-11(16-19-7-8-25-16)22(2)17(23)14-9-12(20-21-14)10-24-15-6-4-3-5-13(15)18/h3-9,11H,10H2,1-2H3,(H,20,21). The highest BCUT2D eigenvalue weighted by Crippen LogP contribution is 2.22. The van der Waals surface area contributed by atoms with Crippen molar-refractivity contribution in [3.63, 3.8) is 0 Å². The van der Waals surface area contributed by atoms with Crippen LogP contribution < -0.4 is 4.74 Å². The molecule has 0 aliphatic rings. The largest absolute Gasteiger partial charge is 0.484 e. The van der Waals surface area contributed by atoms with Gasteiger partial charge < -0.3 is 9.64 Å². The zero-order valence-electron chi connectivity index (χ0n) is 13.8. The molecule has 130 valence electrons. The summed E-state index contributed by atoms with van der Waals surface area (Å²) in [6, 6.07) is 7.60. The zero-order valence-corrected chi connectivity index (χ0v) is 14.6. The van der Waals surface area contributed by atoms with Crippen LogP contribution in [-0.2, 0) is 6.61 Å². The van der Waals surface area contributed by atoms with Gasteiger partial charge in [-0.05, 0) is 25.1 Å². The second kappa shape index (κ2) is 7.43. The van der Waals surface area contributed by atoms with Gasteiger partial charge in [0.15, 0.2) is 17.3 Å². The second-order valence-corrected chi connectivity index (χ2v) is 6.39. The van der Waals surface area contributed by atoms with Crippen LogP contribution in [0.3, 0.4) is 0 Å². The second-order valence-electron chi connectivity index (χ2n) is 5.46. The van der Waals surface area contributed by atoms with Gasteiger partial charge in [-0.2, -0.15) is 5.10 Å². The lowest BCUT2D eigenvalue weighted by Crippen LogP contribution is -2.29. The summed E-state index contributed by atoms with van der Waals surface area (Å²) in [5, 5.41) is 9.50. The number of nitrogens with zero attached hydrogens (tertiary/aromatic N) is 3. The molecule has 1 N–H and O–H groups in total. The van der Waals surface area contributed by atoms with Crippen molar-refractivity contribution in [1.82, 2.24) is 20.1 Å². The number of hydrogen-bond acceptors (Lipinski definition) is 5. The minimum atomic E-state index is -0.435. The number of nitrogens with one attached hydrogen (secondary N) is 1. The van der Waals surface area contributed by atoms with Gasteiger partial charge in [-0.15, -0.1) is 11.3 Å². The van der Waals surface area contributed by atoms with Gasteiger partial charge in [0, 0.05) is 18.6 Å². The number of carbonyl (C=O) groups excluding carboxylic acids is 1. The molecule has 1 aromatic carbocycles. The lowest BCUT2D eigenvalue weighted by molar-refractivity contribution is 0.0736. The maximum atomic E-state index is 13.5. The monoisotopic (exact) mass is 360 g/mol. The minimum absolute atomic E-state index is 0.0902. The molecule has 6 nitrogen and oxygen atoms in total. The van der Waals surface area contributed by atoms with Crippen molar-refractivity contribution in [1.29, 1.82) is 0 Å². The Morgan fingerprint density at radius 3 is 2.96 bits per heavy atom. The van der Waals surface area contributed by atoms with Gasteiger partial charge in [-0.1, -0.05) is 12.1 Å². The molecule has 3 aromatic rings. The highest BCUT2D eigenvalue weighted by Gasteiger charge is 2.22. The smallest absolute Gasteiger partial charge is 0.274 e. The van der Waals surface area contributed by atoms with Gasteiger partial charge in [-0.3, -0.25) is 9.89 Å². The molecule has 8 heteroatoms. The SMILES string of the molecule is CC(c1nccs1)N(C)C(=O)c1cc(COc2ccccc2F)[nH]n1. The van der Waals surface area contributed by atoms with E-state index in [0.717, 1.165) is 5.01 Å². The summed E-state index contributed by atoms with van der Waals surface area (Å²) < 4.78 is 18.9. The lowest BCUT2D eigenvalue weighted by atomic mass is 10.2. The fourth-order valence-corrected chi connectivity index (χ4v) is 2.96. The molecule has 0 aliphatic heterocycles. The van der Waals surface area contributed by atoms with E-state index in [4.69, 9.17) is 4.74 Å². The van der Waals surface area contributed by atoms with Crippen molar-refractivity contribution in [3.05, 3.63) is 64.1 Å². The summed E-state index contributed by atoms with van der Waals surface area (Å²) >= 11 is 1.50. The number of ether oxygens (including phenoxy) is 1. The third kappa shape index (κ3) is 3.85. The molecule has 0 saturated heterocycles. The Morgan fingerprint density at radius 2 is 2.24 bits per heavy atom. The molecule has 2 aromatic heterocycles. The van der Waals surface area contributed by atoms with Gasteiger partial charge >= 0.3 is 0 Å². The molecule has 0 fully saturated rings. The molecule has 0 radical (unpaired) electrons. The number of aromatic amines is 1. The summed E-state index contributed by atoms with van der Waals surface area (Å²) in [7, 11) is 1.71. The molecule has 1 amide bonds. The Kier molecular flexibility index (Phi) is 5.08. The fraction of sp³-hybridized carbons (Fsp3) is 0.235. The first kappa shape index (κ1) is 17.1. The number of para-hydroxylation sites is 1. The number of H-pyrrole nitrogens is 1. The quantitative estimate of drug-likeness (QED) is 0.731. The van der Waals surface area contributed by atoms with Gasteiger partial charge in [0.25, 0.3) is 5.91 Å². The predicted molar refractivity (Wildman–Crippen MR) is 91.9 cm³/mol. The molecule has 0 saturated carbocycles. The Labute approximate surface area is 148 Å². The van der Waals surface area contributed by atoms with Crippen molar-refractivity contribution in [2.45, 2.75) is 19.6 Å². The van der Waals surface area contributed by atoms with Gasteiger partial charge in [0.2, 0.25) is 0 Å². The summed E-state index contributed by atoms with van der Waals surface area (Å²) in [6.45, 7) is 2.00. The number of hydrogen-bond donors (Lipinski definition) is 1. The van der Waals surface area contributed by atoms with E-state index in [-0.39, 0.29) is 30.0 Å². The molecular weight excluding hydrogens is 343 g/mol. The van der Waals surface area contributed by atoms with E-state index in [1.165, 1.54) is 17.4 Å². The Bertz CT molecular complexity index is 850. The number of halogens is 1. The van der Waals surface area contributed by atoms with Crippen LogP contribution in [0.5, 0.6) is 5.75 Å². The number of amides is 1. The molecule has 0 bridgehead atoms. The van der Waals surface area contributed by atoms with Gasteiger partial charge in [0.05, 0.1) is 11.7 Å². The average Bonchev–Trinajstić information content (AvgIpc) is 3.31. The maximum Gasteiger partial charge on any atom is 0.274 e. The lowest BCUT2D eigenvalue weighted by Gasteiger charge is -2.22. The number of carbonyl (C=O) groups is 1. The van der Waals surface area contributed by atoms with Crippen LogP contribution in [0.2, 0.25) is 0 Å². The number of thiazole rings is 1. The molecule has 1 unspecified atom stereocenters. The van der Waals surface area contributed by atoms with Crippen LogP contribution >= 0.6 is 11.3 Å². The Morgan fingerprint density at radius 1 is 1.44 bits per heavy atom. The predicted octanol–water partition coefficient (Wildman–Crippen LogP) is 3.42. The van der Waals surface area contributed by atoms with Crippen molar-refractivity contribution in [2.24, 2.45) is 0 Å². The first-order valence-corrected chi connectivity index (χ1v) is 8.52. The van der Waals surface area contributed by atoms with Crippen LogP contribution in [-0.4, -0.2) is 33.0 Å².